The lowest BCUT2D eigenvalue weighted by molar-refractivity contribution is 0.0993. The van der Waals surface area contributed by atoms with Gasteiger partial charge in [0.1, 0.15) is 0 Å². The van der Waals surface area contributed by atoms with Gasteiger partial charge in [0.05, 0.1) is 5.25 Å². The highest BCUT2D eigenvalue weighted by Crippen LogP contribution is 2.32. The molecule has 0 aliphatic heterocycles. The third-order valence-corrected chi connectivity index (χ3v) is 5.59. The molecular weight excluding hydrogens is 252 g/mol. The average Bonchev–Trinajstić information content (AvgIpc) is 2.42. The Morgan fingerprint density at radius 2 is 1.84 bits per heavy atom. The lowest BCUT2D eigenvalue weighted by Gasteiger charge is -2.23. The fraction of sp³-hybridized carbons (Fsp3) is 0.588. The van der Waals surface area contributed by atoms with Gasteiger partial charge < -0.3 is 0 Å². The lowest BCUT2D eigenvalue weighted by atomic mass is 10.0. The summed E-state index contributed by atoms with van der Waals surface area (Å²) in [6, 6.07) is 6.07. The van der Waals surface area contributed by atoms with Gasteiger partial charge in [-0.3, -0.25) is 4.79 Å². The van der Waals surface area contributed by atoms with E-state index < -0.39 is 0 Å². The molecule has 1 aliphatic carbocycles. The zero-order chi connectivity index (χ0) is 13.8. The Bertz CT molecular complexity index is 447. The molecule has 0 N–H and O–H groups in total. The minimum absolute atomic E-state index is 0.0882. The molecule has 1 unspecified atom stereocenters. The van der Waals surface area contributed by atoms with Crippen molar-refractivity contribution in [2.24, 2.45) is 0 Å². The SMILES string of the molecule is Cc1ccc(C(=O)C(C)SC2CCCCC2)cc1C. The van der Waals surface area contributed by atoms with Gasteiger partial charge >= 0.3 is 0 Å². The van der Waals surface area contributed by atoms with Crippen molar-refractivity contribution in [1.29, 1.82) is 0 Å². The Hall–Kier alpha value is -0.760. The number of thioether (sulfide) groups is 1. The van der Waals surface area contributed by atoms with Crippen LogP contribution in [-0.2, 0) is 0 Å². The molecular formula is C17H24OS. The van der Waals surface area contributed by atoms with Gasteiger partial charge in [-0.2, -0.15) is 0 Å². The highest BCUT2D eigenvalue weighted by atomic mass is 32.2. The van der Waals surface area contributed by atoms with Gasteiger partial charge in [0, 0.05) is 10.8 Å². The summed E-state index contributed by atoms with van der Waals surface area (Å²) in [5.41, 5.74) is 3.34. The number of rotatable bonds is 4. The van der Waals surface area contributed by atoms with Crippen molar-refractivity contribution in [3.05, 3.63) is 34.9 Å². The van der Waals surface area contributed by atoms with Crippen LogP contribution in [0.2, 0.25) is 0 Å². The number of Topliss-reactive ketones (excluding diaryl/α,β-unsaturated/α-hetero) is 1. The zero-order valence-electron chi connectivity index (χ0n) is 12.2. The lowest BCUT2D eigenvalue weighted by Crippen LogP contribution is -2.19. The van der Waals surface area contributed by atoms with Crippen LogP contribution < -0.4 is 0 Å². The second kappa shape index (κ2) is 6.60. The Morgan fingerprint density at radius 1 is 1.16 bits per heavy atom. The topological polar surface area (TPSA) is 17.1 Å². The summed E-state index contributed by atoms with van der Waals surface area (Å²) in [7, 11) is 0. The minimum Gasteiger partial charge on any atom is -0.293 e. The van der Waals surface area contributed by atoms with Gasteiger partial charge in [0.25, 0.3) is 0 Å². The van der Waals surface area contributed by atoms with E-state index in [9.17, 15) is 4.79 Å². The first-order valence-electron chi connectivity index (χ1n) is 7.35. The summed E-state index contributed by atoms with van der Waals surface area (Å²) in [6.07, 6.45) is 6.62. The second-order valence-electron chi connectivity index (χ2n) is 5.70. The number of benzene rings is 1. The van der Waals surface area contributed by atoms with Crippen LogP contribution in [0.5, 0.6) is 0 Å². The van der Waals surface area contributed by atoms with Crippen LogP contribution in [0.15, 0.2) is 18.2 Å². The van der Waals surface area contributed by atoms with E-state index in [1.807, 2.05) is 23.9 Å². The molecule has 1 aliphatic rings. The highest BCUT2D eigenvalue weighted by Gasteiger charge is 2.22. The Balaban J connectivity index is 1.99. The van der Waals surface area contributed by atoms with Gasteiger partial charge in [0.2, 0.25) is 0 Å². The van der Waals surface area contributed by atoms with Crippen molar-refractivity contribution in [2.45, 2.75) is 63.4 Å². The van der Waals surface area contributed by atoms with Crippen molar-refractivity contribution in [3.63, 3.8) is 0 Å². The van der Waals surface area contributed by atoms with E-state index in [1.54, 1.807) is 0 Å². The predicted octanol–water partition coefficient (Wildman–Crippen LogP) is 4.94. The van der Waals surface area contributed by atoms with Crippen molar-refractivity contribution in [1.82, 2.24) is 0 Å². The molecule has 0 spiro atoms. The standard InChI is InChI=1S/C17H24OS/c1-12-9-10-15(11-13(12)2)17(18)14(3)19-16-7-5-4-6-8-16/h9-11,14,16H,4-8H2,1-3H3. The molecule has 0 amide bonds. The number of ketones is 1. The third kappa shape index (κ3) is 3.85. The Kier molecular flexibility index (Phi) is 5.09. The van der Waals surface area contributed by atoms with Gasteiger partial charge in [0.15, 0.2) is 5.78 Å². The van der Waals surface area contributed by atoms with E-state index in [0.717, 1.165) is 5.56 Å². The van der Waals surface area contributed by atoms with Crippen LogP contribution >= 0.6 is 11.8 Å². The van der Waals surface area contributed by atoms with Crippen LogP contribution in [0, 0.1) is 13.8 Å². The summed E-state index contributed by atoms with van der Waals surface area (Å²) in [6.45, 7) is 6.23. The number of hydrogen-bond donors (Lipinski definition) is 0. The normalized spacial score (nSPS) is 18.3. The molecule has 0 saturated heterocycles. The predicted molar refractivity (Wildman–Crippen MR) is 84.2 cm³/mol. The minimum atomic E-state index is 0.0882. The maximum Gasteiger partial charge on any atom is 0.175 e. The maximum absolute atomic E-state index is 12.5. The molecule has 0 heterocycles. The number of carbonyl (C=O) groups excluding carboxylic acids is 1. The zero-order valence-corrected chi connectivity index (χ0v) is 13.1. The van der Waals surface area contributed by atoms with Crippen LogP contribution in [0.1, 0.15) is 60.5 Å². The molecule has 1 aromatic rings. The first-order valence-corrected chi connectivity index (χ1v) is 8.29. The summed E-state index contributed by atoms with van der Waals surface area (Å²) in [5, 5.41) is 0.782. The fourth-order valence-corrected chi connectivity index (χ4v) is 4.12. The highest BCUT2D eigenvalue weighted by molar-refractivity contribution is 8.01. The molecule has 2 rings (SSSR count). The van der Waals surface area contributed by atoms with E-state index in [2.05, 4.69) is 26.8 Å². The van der Waals surface area contributed by atoms with Crippen LogP contribution in [0.25, 0.3) is 0 Å². The van der Waals surface area contributed by atoms with Crippen molar-refractivity contribution in [3.8, 4) is 0 Å². The summed E-state index contributed by atoms with van der Waals surface area (Å²) in [4.78, 5) is 12.5. The maximum atomic E-state index is 12.5. The Labute approximate surface area is 121 Å². The molecule has 0 aromatic heterocycles. The van der Waals surface area contributed by atoms with Crippen LogP contribution in [0.3, 0.4) is 0 Å². The molecule has 19 heavy (non-hydrogen) atoms. The van der Waals surface area contributed by atoms with Crippen LogP contribution in [-0.4, -0.2) is 16.3 Å². The second-order valence-corrected chi connectivity index (χ2v) is 7.35. The Morgan fingerprint density at radius 3 is 2.47 bits per heavy atom. The van der Waals surface area contributed by atoms with Gasteiger partial charge in [-0.25, -0.2) is 0 Å². The average molecular weight is 276 g/mol. The molecule has 1 fully saturated rings. The molecule has 2 heteroatoms. The molecule has 0 bridgehead atoms. The summed E-state index contributed by atoms with van der Waals surface area (Å²) < 4.78 is 0. The van der Waals surface area contributed by atoms with Gasteiger partial charge in [-0.1, -0.05) is 31.4 Å². The summed E-state index contributed by atoms with van der Waals surface area (Å²) >= 11 is 1.88. The first-order chi connectivity index (χ1) is 9.08. The quantitative estimate of drug-likeness (QED) is 0.724. The molecule has 0 radical (unpaired) electrons. The molecule has 1 saturated carbocycles. The molecule has 1 atom stereocenters. The molecule has 104 valence electrons. The monoisotopic (exact) mass is 276 g/mol. The van der Waals surface area contributed by atoms with E-state index in [4.69, 9.17) is 0 Å². The van der Waals surface area contributed by atoms with E-state index in [1.165, 1.54) is 43.2 Å². The summed E-state index contributed by atoms with van der Waals surface area (Å²) in [5.74, 6) is 0.290. The van der Waals surface area contributed by atoms with Gasteiger partial charge in [-0.05, 0) is 50.8 Å². The fourth-order valence-electron chi connectivity index (χ4n) is 2.68. The van der Waals surface area contributed by atoms with Crippen molar-refractivity contribution in [2.75, 3.05) is 0 Å². The van der Waals surface area contributed by atoms with Crippen LogP contribution in [0.4, 0.5) is 0 Å². The van der Waals surface area contributed by atoms with E-state index in [-0.39, 0.29) is 5.25 Å². The number of hydrogen-bond acceptors (Lipinski definition) is 2. The van der Waals surface area contributed by atoms with E-state index >= 15 is 0 Å². The smallest absolute Gasteiger partial charge is 0.175 e. The van der Waals surface area contributed by atoms with E-state index in [0.29, 0.717) is 11.0 Å². The first kappa shape index (κ1) is 14.6. The number of carbonyl (C=O) groups is 1. The number of aryl methyl sites for hydroxylation is 2. The molecule has 1 nitrogen and oxygen atoms in total. The van der Waals surface area contributed by atoms with Gasteiger partial charge in [-0.15, -0.1) is 11.8 Å². The van der Waals surface area contributed by atoms with Crippen molar-refractivity contribution >= 4 is 17.5 Å². The third-order valence-electron chi connectivity index (χ3n) is 4.11. The van der Waals surface area contributed by atoms with Crippen molar-refractivity contribution < 1.29 is 4.79 Å². The largest absolute Gasteiger partial charge is 0.293 e. The molecule has 1 aromatic carbocycles.